The molecule has 26 heavy (non-hydrogen) atoms. The molecule has 2 amide bonds. The van der Waals surface area contributed by atoms with E-state index < -0.39 is 5.82 Å². The van der Waals surface area contributed by atoms with Gasteiger partial charge in [0.25, 0.3) is 0 Å². The first-order valence-electron chi connectivity index (χ1n) is 7.73. The first kappa shape index (κ1) is 18.8. The van der Waals surface area contributed by atoms with Crippen molar-refractivity contribution < 1.29 is 23.1 Å². The fraction of sp³-hybridized carbons (Fsp3) is 0.158. The monoisotopic (exact) mass is 356 g/mol. The molecule has 134 valence electrons. The van der Waals surface area contributed by atoms with Crippen molar-refractivity contribution in [2.45, 2.75) is 6.42 Å². The fourth-order valence-electron chi connectivity index (χ4n) is 1.95. The van der Waals surface area contributed by atoms with Gasteiger partial charge in [0.2, 0.25) is 11.8 Å². The van der Waals surface area contributed by atoms with Gasteiger partial charge in [0.05, 0.1) is 12.0 Å². The van der Waals surface area contributed by atoms with Crippen LogP contribution in [0, 0.1) is 18.2 Å². The zero-order valence-electron chi connectivity index (χ0n) is 13.8. The molecule has 2 N–H and O–H groups in total. The number of amides is 2. The molecule has 0 unspecified atom stereocenters. The van der Waals surface area contributed by atoms with Crippen LogP contribution in [-0.4, -0.2) is 25.0 Å². The number of furan rings is 1. The highest BCUT2D eigenvalue weighted by Gasteiger charge is 2.09. The average Bonchev–Trinajstić information content (AvgIpc) is 3.13. The van der Waals surface area contributed by atoms with Crippen LogP contribution >= 0.6 is 0 Å². The van der Waals surface area contributed by atoms with Gasteiger partial charge in [0, 0.05) is 25.1 Å². The van der Waals surface area contributed by atoms with Crippen molar-refractivity contribution in [2.75, 3.05) is 18.5 Å². The summed E-state index contributed by atoms with van der Waals surface area (Å²) in [6, 6.07) is 7.12. The Labute approximate surface area is 150 Å². The van der Waals surface area contributed by atoms with E-state index in [1.54, 1.807) is 12.1 Å². The van der Waals surface area contributed by atoms with Gasteiger partial charge in [-0.25, -0.2) is 4.39 Å². The predicted molar refractivity (Wildman–Crippen MR) is 94.7 cm³/mol. The maximum atomic E-state index is 13.3. The van der Waals surface area contributed by atoms with Crippen molar-refractivity contribution in [1.82, 2.24) is 5.32 Å². The third-order valence-corrected chi connectivity index (χ3v) is 3.12. The zero-order chi connectivity index (χ0) is 18.8. The molecule has 2 rings (SSSR count). The van der Waals surface area contributed by atoms with Crippen molar-refractivity contribution in [1.29, 1.82) is 0 Å². The third-order valence-electron chi connectivity index (χ3n) is 3.12. The molecular weight excluding hydrogens is 339 g/mol. The first-order valence-corrected chi connectivity index (χ1v) is 7.73. The topological polar surface area (TPSA) is 80.6 Å². The minimum absolute atomic E-state index is 0.0340. The van der Waals surface area contributed by atoms with E-state index in [-0.39, 0.29) is 37.1 Å². The van der Waals surface area contributed by atoms with Gasteiger partial charge in [0.1, 0.15) is 23.9 Å². The quantitative estimate of drug-likeness (QED) is 0.563. The van der Waals surface area contributed by atoms with Gasteiger partial charge in [-0.05, 0) is 30.3 Å². The predicted octanol–water partition coefficient (Wildman–Crippen LogP) is 2.59. The molecule has 0 saturated carbocycles. The Kier molecular flexibility index (Phi) is 7.01. The molecule has 0 saturated heterocycles. The number of terminal acetylenes is 1. The number of hydrogen-bond acceptors (Lipinski definition) is 4. The number of halogens is 1. The number of ether oxygens (including phenoxy) is 1. The molecule has 6 nitrogen and oxygen atoms in total. The summed E-state index contributed by atoms with van der Waals surface area (Å²) < 4.78 is 23.5. The molecule has 0 atom stereocenters. The van der Waals surface area contributed by atoms with Crippen LogP contribution in [0.25, 0.3) is 6.08 Å². The summed E-state index contributed by atoms with van der Waals surface area (Å²) in [7, 11) is 0. The smallest absolute Gasteiger partial charge is 0.244 e. The molecule has 0 fully saturated rings. The van der Waals surface area contributed by atoms with Crippen molar-refractivity contribution in [2.24, 2.45) is 0 Å². The molecule has 0 aliphatic heterocycles. The van der Waals surface area contributed by atoms with Crippen molar-refractivity contribution in [3.05, 3.63) is 54.2 Å². The lowest BCUT2D eigenvalue weighted by atomic mass is 10.2. The second-order valence-corrected chi connectivity index (χ2v) is 5.07. The number of rotatable bonds is 8. The number of anilines is 1. The van der Waals surface area contributed by atoms with Crippen molar-refractivity contribution in [3.8, 4) is 18.1 Å². The summed E-state index contributed by atoms with van der Waals surface area (Å²) in [4.78, 5) is 23.6. The summed E-state index contributed by atoms with van der Waals surface area (Å²) in [5, 5.41) is 5.17. The summed E-state index contributed by atoms with van der Waals surface area (Å²) in [5.41, 5.74) is 0.302. The lowest BCUT2D eigenvalue weighted by Gasteiger charge is -2.11. The van der Waals surface area contributed by atoms with E-state index in [1.165, 1.54) is 30.5 Å². The maximum absolute atomic E-state index is 13.3. The lowest BCUT2D eigenvalue weighted by Crippen LogP contribution is -2.26. The molecule has 1 aromatic heterocycles. The Bertz CT molecular complexity index is 823. The molecule has 0 radical (unpaired) electrons. The van der Waals surface area contributed by atoms with Gasteiger partial charge in [-0.2, -0.15) is 0 Å². The summed E-state index contributed by atoms with van der Waals surface area (Å²) >= 11 is 0. The Balaban J connectivity index is 1.80. The molecular formula is C19H17FN2O4. The van der Waals surface area contributed by atoms with E-state index in [4.69, 9.17) is 15.6 Å². The SMILES string of the molecule is C#CCOc1cc(F)ccc1NC(=O)CCNC(=O)/C=C/c1ccco1. The minimum atomic E-state index is -0.509. The van der Waals surface area contributed by atoms with E-state index in [9.17, 15) is 14.0 Å². The molecule has 0 aliphatic carbocycles. The van der Waals surface area contributed by atoms with Gasteiger partial charge in [-0.1, -0.05) is 5.92 Å². The molecule has 2 aromatic rings. The summed E-state index contributed by atoms with van der Waals surface area (Å²) in [6.45, 7) is 0.0826. The van der Waals surface area contributed by atoms with Crippen LogP contribution in [0.15, 0.2) is 47.1 Å². The largest absolute Gasteiger partial charge is 0.479 e. The van der Waals surface area contributed by atoms with Crippen LogP contribution in [0.5, 0.6) is 5.75 Å². The van der Waals surface area contributed by atoms with Crippen LogP contribution < -0.4 is 15.4 Å². The Morgan fingerprint density at radius 3 is 2.92 bits per heavy atom. The van der Waals surface area contributed by atoms with Gasteiger partial charge >= 0.3 is 0 Å². The minimum Gasteiger partial charge on any atom is -0.479 e. The zero-order valence-corrected chi connectivity index (χ0v) is 13.8. The fourth-order valence-corrected chi connectivity index (χ4v) is 1.95. The van der Waals surface area contributed by atoms with Crippen LogP contribution in [0.4, 0.5) is 10.1 Å². The van der Waals surface area contributed by atoms with Gasteiger partial charge in [-0.15, -0.1) is 6.42 Å². The second kappa shape index (κ2) is 9.69. The number of carbonyl (C=O) groups is 2. The lowest BCUT2D eigenvalue weighted by molar-refractivity contribution is -0.117. The van der Waals surface area contributed by atoms with Crippen molar-refractivity contribution >= 4 is 23.6 Å². The average molecular weight is 356 g/mol. The Morgan fingerprint density at radius 1 is 1.35 bits per heavy atom. The molecule has 7 heteroatoms. The van der Waals surface area contributed by atoms with Gasteiger partial charge in [0.15, 0.2) is 0 Å². The van der Waals surface area contributed by atoms with Gasteiger partial charge in [-0.3, -0.25) is 9.59 Å². The normalized spacial score (nSPS) is 10.3. The second-order valence-electron chi connectivity index (χ2n) is 5.07. The maximum Gasteiger partial charge on any atom is 0.244 e. The molecule has 0 bridgehead atoms. The van der Waals surface area contributed by atoms with Crippen LogP contribution in [0.3, 0.4) is 0 Å². The van der Waals surface area contributed by atoms with Gasteiger partial charge < -0.3 is 19.8 Å². The Hall–Kier alpha value is -3.53. The van der Waals surface area contributed by atoms with E-state index in [0.29, 0.717) is 11.4 Å². The number of carbonyl (C=O) groups excluding carboxylic acids is 2. The van der Waals surface area contributed by atoms with E-state index in [0.717, 1.165) is 6.07 Å². The highest BCUT2D eigenvalue weighted by Crippen LogP contribution is 2.25. The highest BCUT2D eigenvalue weighted by molar-refractivity contribution is 5.94. The van der Waals surface area contributed by atoms with Crippen molar-refractivity contribution in [3.63, 3.8) is 0 Å². The molecule has 0 spiro atoms. The van der Waals surface area contributed by atoms with E-state index in [1.807, 2.05) is 0 Å². The molecule has 0 aliphatic rings. The number of nitrogens with one attached hydrogen (secondary N) is 2. The standard InChI is InChI=1S/C19H17FN2O4/c1-2-11-26-17-13-14(20)5-7-16(17)22-19(24)9-10-21-18(23)8-6-15-4-3-12-25-15/h1,3-8,12-13H,9-11H2,(H,21,23)(H,22,24)/b8-6+. The summed E-state index contributed by atoms with van der Waals surface area (Å²) in [6.07, 6.45) is 9.47. The number of benzene rings is 1. The Morgan fingerprint density at radius 2 is 2.19 bits per heavy atom. The molecule has 1 aromatic carbocycles. The third kappa shape index (κ3) is 6.17. The van der Waals surface area contributed by atoms with Crippen LogP contribution in [-0.2, 0) is 9.59 Å². The van der Waals surface area contributed by atoms with Crippen LogP contribution in [0.2, 0.25) is 0 Å². The molecule has 1 heterocycles. The highest BCUT2D eigenvalue weighted by atomic mass is 19.1. The number of hydrogen-bond donors (Lipinski definition) is 2. The summed E-state index contributed by atoms with van der Waals surface area (Å²) in [5.74, 6) is 1.73. The van der Waals surface area contributed by atoms with E-state index in [2.05, 4.69) is 16.6 Å². The van der Waals surface area contributed by atoms with E-state index >= 15 is 0 Å². The first-order chi connectivity index (χ1) is 12.6. The van der Waals surface area contributed by atoms with Crippen LogP contribution in [0.1, 0.15) is 12.2 Å².